The van der Waals surface area contributed by atoms with Crippen LogP contribution in [-0.2, 0) is 25.9 Å². The molecule has 0 unspecified atom stereocenters. The zero-order valence-corrected chi connectivity index (χ0v) is 20.7. The number of hydrogen-bond acceptors (Lipinski definition) is 4. The second-order valence-corrected chi connectivity index (χ2v) is 9.16. The van der Waals surface area contributed by atoms with Crippen LogP contribution in [0.3, 0.4) is 0 Å². The molecule has 0 aliphatic carbocycles. The van der Waals surface area contributed by atoms with Crippen molar-refractivity contribution in [3.05, 3.63) is 64.2 Å². The van der Waals surface area contributed by atoms with E-state index in [-0.39, 0.29) is 0 Å². The van der Waals surface area contributed by atoms with Crippen molar-refractivity contribution in [3.63, 3.8) is 0 Å². The van der Waals surface area contributed by atoms with E-state index in [2.05, 4.69) is 62.3 Å². The zero-order chi connectivity index (χ0) is 23.2. The molecule has 0 saturated heterocycles. The average molecular weight is 440 g/mol. The number of nitrogens with zero attached hydrogens (tertiary/aromatic N) is 1. The largest absolute Gasteiger partial charge is 0.493 e. The molecule has 4 nitrogen and oxygen atoms in total. The highest BCUT2D eigenvalue weighted by atomic mass is 16.5. The second kappa shape index (κ2) is 15.0. The maximum Gasteiger partial charge on any atom is 0.128 e. The lowest BCUT2D eigenvalue weighted by molar-refractivity contribution is 0.298. The summed E-state index contributed by atoms with van der Waals surface area (Å²) in [5.41, 5.74) is 18.6. The van der Waals surface area contributed by atoms with Crippen LogP contribution >= 0.6 is 0 Å². The summed E-state index contributed by atoms with van der Waals surface area (Å²) in [4.78, 5) is 2.23. The van der Waals surface area contributed by atoms with Gasteiger partial charge in [0, 0.05) is 24.2 Å². The van der Waals surface area contributed by atoms with E-state index >= 15 is 0 Å². The number of nitrogens with two attached hydrogens (primary N) is 2. The Kier molecular flexibility index (Phi) is 12.4. The van der Waals surface area contributed by atoms with Gasteiger partial charge in [-0.1, -0.05) is 62.1 Å². The van der Waals surface area contributed by atoms with Crippen molar-refractivity contribution in [1.82, 2.24) is 4.90 Å². The Morgan fingerprint density at radius 2 is 1.47 bits per heavy atom. The van der Waals surface area contributed by atoms with Gasteiger partial charge in [-0.05, 0) is 76.4 Å². The highest BCUT2D eigenvalue weighted by molar-refractivity contribution is 5.50. The molecule has 178 valence electrons. The molecule has 2 aromatic rings. The van der Waals surface area contributed by atoms with Crippen molar-refractivity contribution in [3.8, 4) is 5.75 Å². The molecule has 0 aliphatic rings. The fourth-order valence-corrected chi connectivity index (χ4v) is 4.41. The van der Waals surface area contributed by atoms with E-state index in [1.165, 1.54) is 55.2 Å². The molecule has 2 aromatic carbocycles. The molecule has 0 heterocycles. The van der Waals surface area contributed by atoms with Crippen molar-refractivity contribution in [2.45, 2.75) is 77.8 Å². The SMILES string of the molecule is Cc1cc(CN)c(OCCCCCCCCc2ccccc2)c(CN)c1CCCN(C)C. The lowest BCUT2D eigenvalue weighted by Crippen LogP contribution is -2.16. The molecule has 2 rings (SSSR count). The number of aryl methyl sites for hydroxylation is 2. The van der Waals surface area contributed by atoms with Crippen LogP contribution in [0.2, 0.25) is 0 Å². The summed E-state index contributed by atoms with van der Waals surface area (Å²) in [6, 6.07) is 13.0. The molecule has 0 bridgehead atoms. The van der Waals surface area contributed by atoms with E-state index < -0.39 is 0 Å². The first kappa shape index (κ1) is 26.4. The Morgan fingerprint density at radius 3 is 2.12 bits per heavy atom. The number of rotatable bonds is 16. The van der Waals surface area contributed by atoms with E-state index in [0.29, 0.717) is 13.1 Å². The van der Waals surface area contributed by atoms with Crippen molar-refractivity contribution < 1.29 is 4.74 Å². The van der Waals surface area contributed by atoms with Crippen LogP contribution in [0.25, 0.3) is 0 Å². The van der Waals surface area contributed by atoms with Gasteiger partial charge in [0.15, 0.2) is 0 Å². The van der Waals surface area contributed by atoms with Crippen molar-refractivity contribution in [2.24, 2.45) is 11.5 Å². The fraction of sp³-hybridized carbons (Fsp3) is 0.571. The third-order valence-corrected chi connectivity index (χ3v) is 6.20. The standard InChI is InChI=1S/C28H45N3O/c1-23-20-25(21-29)28(27(22-30)26(23)17-13-18-31(2)3)32-19-12-7-5-4-6-9-14-24-15-10-8-11-16-24/h8,10-11,15-16,20H,4-7,9,12-14,17-19,21-22,29-30H2,1-3H3. The van der Waals surface area contributed by atoms with Gasteiger partial charge in [0.2, 0.25) is 0 Å². The number of benzene rings is 2. The predicted molar refractivity (Wildman–Crippen MR) is 137 cm³/mol. The summed E-state index contributed by atoms with van der Waals surface area (Å²) in [5.74, 6) is 0.948. The monoisotopic (exact) mass is 439 g/mol. The Hall–Kier alpha value is -1.88. The lowest BCUT2D eigenvalue weighted by atomic mass is 9.93. The van der Waals surface area contributed by atoms with Crippen molar-refractivity contribution in [2.75, 3.05) is 27.2 Å². The van der Waals surface area contributed by atoms with Gasteiger partial charge >= 0.3 is 0 Å². The molecule has 0 aliphatic heterocycles. The number of unbranched alkanes of at least 4 members (excludes halogenated alkanes) is 5. The molecule has 0 radical (unpaired) electrons. The third-order valence-electron chi connectivity index (χ3n) is 6.20. The van der Waals surface area contributed by atoms with Gasteiger partial charge in [-0.3, -0.25) is 0 Å². The molecule has 32 heavy (non-hydrogen) atoms. The normalized spacial score (nSPS) is 11.3. The van der Waals surface area contributed by atoms with Gasteiger partial charge in [0.05, 0.1) is 6.61 Å². The molecule has 4 N–H and O–H groups in total. The summed E-state index contributed by atoms with van der Waals surface area (Å²) in [6.07, 6.45) is 10.8. The van der Waals surface area contributed by atoms with Crippen LogP contribution in [0.15, 0.2) is 36.4 Å². The minimum atomic E-state index is 0.489. The molecule has 0 aromatic heterocycles. The van der Waals surface area contributed by atoms with Gasteiger partial charge in [-0.2, -0.15) is 0 Å². The molecular formula is C28H45N3O. The first-order valence-electron chi connectivity index (χ1n) is 12.4. The van der Waals surface area contributed by atoms with Gasteiger partial charge in [0.1, 0.15) is 5.75 Å². The van der Waals surface area contributed by atoms with Crippen LogP contribution in [-0.4, -0.2) is 32.1 Å². The Labute approximate surface area is 196 Å². The molecule has 0 fully saturated rings. The maximum absolute atomic E-state index is 6.29. The van der Waals surface area contributed by atoms with Gasteiger partial charge in [0.25, 0.3) is 0 Å². The van der Waals surface area contributed by atoms with E-state index in [1.54, 1.807) is 0 Å². The van der Waals surface area contributed by atoms with Gasteiger partial charge < -0.3 is 21.1 Å². The molecule has 4 heteroatoms. The fourth-order valence-electron chi connectivity index (χ4n) is 4.41. The predicted octanol–water partition coefficient (Wildman–Crippen LogP) is 5.37. The first-order valence-corrected chi connectivity index (χ1v) is 12.4. The molecular weight excluding hydrogens is 394 g/mol. The van der Waals surface area contributed by atoms with Crippen molar-refractivity contribution in [1.29, 1.82) is 0 Å². The van der Waals surface area contributed by atoms with E-state index in [4.69, 9.17) is 16.2 Å². The lowest BCUT2D eigenvalue weighted by Gasteiger charge is -2.21. The van der Waals surface area contributed by atoms with E-state index in [9.17, 15) is 0 Å². The minimum absolute atomic E-state index is 0.489. The van der Waals surface area contributed by atoms with Crippen molar-refractivity contribution >= 4 is 0 Å². The molecule has 0 spiro atoms. The summed E-state index contributed by atoms with van der Waals surface area (Å²) >= 11 is 0. The highest BCUT2D eigenvalue weighted by Gasteiger charge is 2.16. The highest BCUT2D eigenvalue weighted by Crippen LogP contribution is 2.31. The molecule has 0 amide bonds. The quantitative estimate of drug-likeness (QED) is 0.345. The summed E-state index contributed by atoms with van der Waals surface area (Å²) in [6.45, 7) is 4.98. The summed E-state index contributed by atoms with van der Waals surface area (Å²) in [7, 11) is 4.23. The Morgan fingerprint density at radius 1 is 0.781 bits per heavy atom. The number of ether oxygens (including phenoxy) is 1. The number of hydrogen-bond donors (Lipinski definition) is 2. The average Bonchev–Trinajstić information content (AvgIpc) is 2.79. The Bertz CT molecular complexity index is 774. The van der Waals surface area contributed by atoms with Crippen LogP contribution in [0.5, 0.6) is 5.75 Å². The summed E-state index contributed by atoms with van der Waals surface area (Å²) in [5, 5.41) is 0. The first-order chi connectivity index (χ1) is 15.6. The molecule has 0 saturated carbocycles. The molecule has 0 atom stereocenters. The van der Waals surface area contributed by atoms with Crippen LogP contribution in [0.1, 0.15) is 72.8 Å². The van der Waals surface area contributed by atoms with Gasteiger partial charge in [-0.15, -0.1) is 0 Å². The van der Waals surface area contributed by atoms with Crippen LogP contribution in [0.4, 0.5) is 0 Å². The topological polar surface area (TPSA) is 64.5 Å². The summed E-state index contributed by atoms with van der Waals surface area (Å²) < 4.78 is 6.29. The van der Waals surface area contributed by atoms with E-state index in [0.717, 1.165) is 49.3 Å². The van der Waals surface area contributed by atoms with Crippen LogP contribution in [0, 0.1) is 6.92 Å². The minimum Gasteiger partial charge on any atom is -0.493 e. The smallest absolute Gasteiger partial charge is 0.128 e. The second-order valence-electron chi connectivity index (χ2n) is 9.16. The van der Waals surface area contributed by atoms with Crippen LogP contribution < -0.4 is 16.2 Å². The third kappa shape index (κ3) is 8.93. The zero-order valence-electron chi connectivity index (χ0n) is 20.7. The van der Waals surface area contributed by atoms with Gasteiger partial charge in [-0.25, -0.2) is 0 Å². The van der Waals surface area contributed by atoms with E-state index in [1.807, 2.05) is 0 Å². The maximum atomic E-state index is 6.29. The Balaban J connectivity index is 1.77.